The third-order valence-electron chi connectivity index (χ3n) is 3.74. The van der Waals surface area contributed by atoms with Gasteiger partial charge in [0.1, 0.15) is 0 Å². The topological polar surface area (TPSA) is 63.5 Å². The Morgan fingerprint density at radius 3 is 2.13 bits per heavy atom. The minimum atomic E-state index is -0.513. The number of carbonyl (C=O) groups is 1. The molecule has 0 bridgehead atoms. The van der Waals surface area contributed by atoms with Gasteiger partial charge in [0.15, 0.2) is 0 Å². The lowest BCUT2D eigenvalue weighted by molar-refractivity contribution is -0.384. The third-order valence-corrected chi connectivity index (χ3v) is 4.06. The molecule has 0 aliphatic carbocycles. The molecular weight excluding hydrogens is 316 g/mol. The number of unbranched alkanes of at least 4 members (excludes halogenated alkanes) is 4. The van der Waals surface area contributed by atoms with E-state index in [1.807, 2.05) is 4.90 Å². The summed E-state index contributed by atoms with van der Waals surface area (Å²) >= 11 is 6.08. The Hall–Kier alpha value is -1.62. The Labute approximate surface area is 142 Å². The summed E-state index contributed by atoms with van der Waals surface area (Å²) in [6.07, 6.45) is 6.25. The van der Waals surface area contributed by atoms with Gasteiger partial charge >= 0.3 is 0 Å². The summed E-state index contributed by atoms with van der Waals surface area (Å²) in [6.45, 7) is 5.64. The highest BCUT2D eigenvalue weighted by molar-refractivity contribution is 6.34. The molecule has 0 radical (unpaired) electrons. The van der Waals surface area contributed by atoms with Gasteiger partial charge in [0.25, 0.3) is 11.6 Å². The molecule has 0 fully saturated rings. The molecule has 0 saturated heterocycles. The van der Waals surface area contributed by atoms with E-state index in [1.165, 1.54) is 18.2 Å². The van der Waals surface area contributed by atoms with Gasteiger partial charge in [0, 0.05) is 25.2 Å². The zero-order valence-corrected chi connectivity index (χ0v) is 14.6. The van der Waals surface area contributed by atoms with E-state index >= 15 is 0 Å². The molecule has 0 saturated carbocycles. The van der Waals surface area contributed by atoms with E-state index in [0.29, 0.717) is 18.7 Å². The number of amides is 1. The number of hydrogen-bond acceptors (Lipinski definition) is 3. The lowest BCUT2D eigenvalue weighted by atomic mass is 10.1. The van der Waals surface area contributed by atoms with E-state index in [-0.39, 0.29) is 16.6 Å². The molecule has 5 nitrogen and oxygen atoms in total. The lowest BCUT2D eigenvalue weighted by Crippen LogP contribution is -2.33. The first-order valence-corrected chi connectivity index (χ1v) is 8.62. The second-order valence-electron chi connectivity index (χ2n) is 5.63. The van der Waals surface area contributed by atoms with Gasteiger partial charge in [-0.25, -0.2) is 0 Å². The van der Waals surface area contributed by atoms with Crippen LogP contribution in [0.4, 0.5) is 5.69 Å². The second kappa shape index (κ2) is 10.2. The van der Waals surface area contributed by atoms with E-state index in [1.54, 1.807) is 0 Å². The fourth-order valence-corrected chi connectivity index (χ4v) is 2.64. The molecule has 23 heavy (non-hydrogen) atoms. The molecule has 0 unspecified atom stereocenters. The standard InChI is InChI=1S/C17H25ClN2O3/c1-3-5-7-11-19(12-8-6-4-2)17(21)15-10-9-14(20(22)23)13-16(15)18/h9-10,13H,3-8,11-12H2,1-2H3. The molecule has 1 rings (SSSR count). The van der Waals surface area contributed by atoms with Crippen LogP contribution < -0.4 is 0 Å². The van der Waals surface area contributed by atoms with Crippen molar-refractivity contribution in [2.75, 3.05) is 13.1 Å². The molecule has 6 heteroatoms. The van der Waals surface area contributed by atoms with Crippen LogP contribution in [0.2, 0.25) is 5.02 Å². The van der Waals surface area contributed by atoms with Crippen LogP contribution in [-0.2, 0) is 0 Å². The van der Waals surface area contributed by atoms with Gasteiger partial charge in [-0.2, -0.15) is 0 Å². The molecule has 0 heterocycles. The van der Waals surface area contributed by atoms with Crippen LogP contribution in [0.3, 0.4) is 0 Å². The van der Waals surface area contributed by atoms with Crippen molar-refractivity contribution < 1.29 is 9.72 Å². The Morgan fingerprint density at radius 1 is 1.13 bits per heavy atom. The molecule has 1 amide bonds. The first kappa shape index (κ1) is 19.4. The van der Waals surface area contributed by atoms with Gasteiger partial charge < -0.3 is 4.90 Å². The van der Waals surface area contributed by atoms with Crippen LogP contribution in [0.15, 0.2) is 18.2 Å². The number of nitro benzene ring substituents is 1. The summed E-state index contributed by atoms with van der Waals surface area (Å²) in [5.41, 5.74) is 0.236. The summed E-state index contributed by atoms with van der Waals surface area (Å²) < 4.78 is 0. The van der Waals surface area contributed by atoms with Gasteiger partial charge in [-0.1, -0.05) is 51.1 Å². The maximum absolute atomic E-state index is 12.7. The molecule has 0 N–H and O–H groups in total. The maximum atomic E-state index is 12.7. The molecule has 0 aliphatic heterocycles. The average Bonchev–Trinajstić information content (AvgIpc) is 2.53. The zero-order valence-electron chi connectivity index (χ0n) is 13.9. The monoisotopic (exact) mass is 340 g/mol. The van der Waals surface area contributed by atoms with Gasteiger partial charge in [0.2, 0.25) is 0 Å². The van der Waals surface area contributed by atoms with Gasteiger partial charge in [-0.15, -0.1) is 0 Å². The van der Waals surface area contributed by atoms with E-state index in [9.17, 15) is 14.9 Å². The molecule has 128 valence electrons. The quantitative estimate of drug-likeness (QED) is 0.339. The summed E-state index contributed by atoms with van der Waals surface area (Å²) in [6, 6.07) is 4.02. The predicted octanol–water partition coefficient (Wildman–Crippen LogP) is 5.07. The Balaban J connectivity index is 2.86. The van der Waals surface area contributed by atoms with E-state index in [0.717, 1.165) is 38.5 Å². The zero-order chi connectivity index (χ0) is 17.2. The van der Waals surface area contributed by atoms with Crippen molar-refractivity contribution in [3.05, 3.63) is 38.9 Å². The number of carbonyl (C=O) groups excluding carboxylic acids is 1. The Morgan fingerprint density at radius 2 is 1.70 bits per heavy atom. The smallest absolute Gasteiger partial charge is 0.270 e. The third kappa shape index (κ3) is 6.18. The lowest BCUT2D eigenvalue weighted by Gasteiger charge is -2.23. The van der Waals surface area contributed by atoms with E-state index in [2.05, 4.69) is 13.8 Å². The fraction of sp³-hybridized carbons (Fsp3) is 0.588. The summed E-state index contributed by atoms with van der Waals surface area (Å²) in [4.78, 5) is 24.8. The number of halogens is 1. The second-order valence-corrected chi connectivity index (χ2v) is 6.03. The van der Waals surface area contributed by atoms with E-state index in [4.69, 9.17) is 11.6 Å². The van der Waals surface area contributed by atoms with Crippen molar-refractivity contribution >= 4 is 23.2 Å². The minimum Gasteiger partial charge on any atom is -0.339 e. The van der Waals surface area contributed by atoms with Crippen molar-refractivity contribution in [2.24, 2.45) is 0 Å². The largest absolute Gasteiger partial charge is 0.339 e. The van der Waals surface area contributed by atoms with Crippen molar-refractivity contribution in [1.82, 2.24) is 4.90 Å². The van der Waals surface area contributed by atoms with Crippen LogP contribution in [0.1, 0.15) is 62.7 Å². The van der Waals surface area contributed by atoms with Crippen LogP contribution >= 0.6 is 11.6 Å². The fourth-order valence-electron chi connectivity index (χ4n) is 2.38. The number of nitrogens with zero attached hydrogens (tertiary/aromatic N) is 2. The number of rotatable bonds is 10. The highest BCUT2D eigenvalue weighted by Crippen LogP contribution is 2.24. The molecule has 0 atom stereocenters. The summed E-state index contributed by atoms with van der Waals surface area (Å²) in [5, 5.41) is 10.9. The SMILES string of the molecule is CCCCCN(CCCCC)C(=O)c1ccc([N+](=O)[O-])cc1Cl. The molecule has 0 aliphatic rings. The Bertz CT molecular complexity index is 525. The highest BCUT2D eigenvalue weighted by atomic mass is 35.5. The number of benzene rings is 1. The van der Waals surface area contributed by atoms with E-state index < -0.39 is 4.92 Å². The number of hydrogen-bond donors (Lipinski definition) is 0. The molecule has 0 aromatic heterocycles. The predicted molar refractivity (Wildman–Crippen MR) is 93.1 cm³/mol. The summed E-state index contributed by atoms with van der Waals surface area (Å²) in [7, 11) is 0. The molecule has 0 spiro atoms. The minimum absolute atomic E-state index is 0.102. The molecule has 1 aromatic rings. The van der Waals surface area contributed by atoms with Crippen molar-refractivity contribution in [3.63, 3.8) is 0 Å². The molecule has 1 aromatic carbocycles. The van der Waals surface area contributed by atoms with Crippen molar-refractivity contribution in [2.45, 2.75) is 52.4 Å². The molecular formula is C17H25ClN2O3. The first-order chi connectivity index (χ1) is 11.0. The van der Waals surface area contributed by atoms with Gasteiger partial charge in [-0.3, -0.25) is 14.9 Å². The average molecular weight is 341 g/mol. The normalized spacial score (nSPS) is 10.6. The van der Waals surface area contributed by atoms with Crippen LogP contribution in [0.25, 0.3) is 0 Å². The summed E-state index contributed by atoms with van der Waals surface area (Å²) in [5.74, 6) is -0.142. The van der Waals surface area contributed by atoms with Crippen LogP contribution in [0, 0.1) is 10.1 Å². The highest BCUT2D eigenvalue weighted by Gasteiger charge is 2.20. The van der Waals surface area contributed by atoms with Crippen molar-refractivity contribution in [3.8, 4) is 0 Å². The van der Waals surface area contributed by atoms with Crippen LogP contribution in [0.5, 0.6) is 0 Å². The number of nitro groups is 1. The Kier molecular flexibility index (Phi) is 8.62. The first-order valence-electron chi connectivity index (χ1n) is 8.24. The van der Waals surface area contributed by atoms with Crippen LogP contribution in [-0.4, -0.2) is 28.8 Å². The van der Waals surface area contributed by atoms with Gasteiger partial charge in [-0.05, 0) is 18.9 Å². The van der Waals surface area contributed by atoms with Gasteiger partial charge in [0.05, 0.1) is 15.5 Å². The van der Waals surface area contributed by atoms with Crippen molar-refractivity contribution in [1.29, 1.82) is 0 Å². The number of non-ortho nitro benzene ring substituents is 1. The maximum Gasteiger partial charge on any atom is 0.270 e.